The molecule has 0 saturated carbocycles. The van der Waals surface area contributed by atoms with E-state index >= 15 is 0 Å². The van der Waals surface area contributed by atoms with Gasteiger partial charge < -0.3 is 9.80 Å². The van der Waals surface area contributed by atoms with Crippen LogP contribution in [0, 0.1) is 0 Å². The molecule has 1 aliphatic heterocycles. The van der Waals surface area contributed by atoms with Gasteiger partial charge in [0.15, 0.2) is 0 Å². The normalized spacial score (nSPS) is 16.6. The second-order valence-corrected chi connectivity index (χ2v) is 8.15. The Hall–Kier alpha value is -3.66. The minimum Gasteiger partial charge on any atom is -0.335 e. The minimum absolute atomic E-state index is 0.0286. The zero-order valence-corrected chi connectivity index (χ0v) is 17.5. The highest BCUT2D eigenvalue weighted by Crippen LogP contribution is 2.24. The number of carbonyl (C=O) groups is 2. The number of hydrogen-bond donors (Lipinski definition) is 0. The molecule has 0 N–H and O–H groups in total. The zero-order chi connectivity index (χ0) is 21.4. The SMILES string of the molecule is C[C@H]1CN(C(=O)c2cccc3ccccc23)CCN1C(=O)c1cccc2ccccc12. The molecule has 0 spiro atoms. The van der Waals surface area contributed by atoms with Gasteiger partial charge in [-0.2, -0.15) is 0 Å². The van der Waals surface area contributed by atoms with Gasteiger partial charge in [-0.15, -0.1) is 0 Å². The Balaban J connectivity index is 1.38. The maximum atomic E-state index is 13.4. The van der Waals surface area contributed by atoms with E-state index < -0.39 is 0 Å². The molecular formula is C27H24N2O2. The van der Waals surface area contributed by atoms with Gasteiger partial charge in [0.2, 0.25) is 0 Å². The summed E-state index contributed by atoms with van der Waals surface area (Å²) >= 11 is 0. The quantitative estimate of drug-likeness (QED) is 0.469. The second-order valence-electron chi connectivity index (χ2n) is 8.15. The Labute approximate surface area is 181 Å². The molecule has 0 unspecified atom stereocenters. The van der Waals surface area contributed by atoms with Crippen molar-refractivity contribution in [2.45, 2.75) is 13.0 Å². The highest BCUT2D eigenvalue weighted by atomic mass is 16.2. The van der Waals surface area contributed by atoms with Crippen molar-refractivity contribution in [1.29, 1.82) is 0 Å². The fraction of sp³-hybridized carbons (Fsp3) is 0.185. The molecular weight excluding hydrogens is 384 g/mol. The Bertz CT molecular complexity index is 1290. The van der Waals surface area contributed by atoms with Gasteiger partial charge in [0, 0.05) is 36.8 Å². The first-order chi connectivity index (χ1) is 15.1. The lowest BCUT2D eigenvalue weighted by atomic mass is 10.0. The number of piperazine rings is 1. The molecule has 1 saturated heterocycles. The smallest absolute Gasteiger partial charge is 0.254 e. The Morgan fingerprint density at radius 1 is 0.677 bits per heavy atom. The lowest BCUT2D eigenvalue weighted by molar-refractivity contribution is 0.0416. The number of carbonyl (C=O) groups excluding carboxylic acids is 2. The minimum atomic E-state index is -0.0563. The van der Waals surface area contributed by atoms with E-state index in [1.165, 1.54) is 0 Å². The predicted octanol–water partition coefficient (Wildman–Crippen LogP) is 4.98. The molecule has 0 aromatic heterocycles. The fourth-order valence-corrected chi connectivity index (χ4v) is 4.59. The van der Waals surface area contributed by atoms with Crippen molar-refractivity contribution in [3.63, 3.8) is 0 Å². The van der Waals surface area contributed by atoms with Gasteiger partial charge >= 0.3 is 0 Å². The first kappa shape index (κ1) is 19.3. The van der Waals surface area contributed by atoms with Gasteiger partial charge in [0.25, 0.3) is 11.8 Å². The molecule has 2 amide bonds. The predicted molar refractivity (Wildman–Crippen MR) is 124 cm³/mol. The summed E-state index contributed by atoms with van der Waals surface area (Å²) in [4.78, 5) is 30.4. The first-order valence-electron chi connectivity index (χ1n) is 10.7. The van der Waals surface area contributed by atoms with Crippen LogP contribution in [-0.4, -0.2) is 47.3 Å². The second kappa shape index (κ2) is 7.88. The number of rotatable bonds is 2. The Morgan fingerprint density at radius 3 is 1.77 bits per heavy atom. The van der Waals surface area contributed by atoms with Gasteiger partial charge in [-0.3, -0.25) is 9.59 Å². The van der Waals surface area contributed by atoms with Crippen LogP contribution in [0.15, 0.2) is 84.9 Å². The van der Waals surface area contributed by atoms with E-state index in [9.17, 15) is 9.59 Å². The average molecular weight is 409 g/mol. The van der Waals surface area contributed by atoms with Gasteiger partial charge in [0.1, 0.15) is 0 Å². The molecule has 31 heavy (non-hydrogen) atoms. The molecule has 4 aromatic rings. The van der Waals surface area contributed by atoms with Crippen LogP contribution >= 0.6 is 0 Å². The molecule has 4 nitrogen and oxygen atoms in total. The topological polar surface area (TPSA) is 40.6 Å². The molecule has 5 rings (SSSR count). The first-order valence-corrected chi connectivity index (χ1v) is 10.7. The molecule has 0 bridgehead atoms. The lowest BCUT2D eigenvalue weighted by Crippen LogP contribution is -2.55. The van der Waals surface area contributed by atoms with Crippen LogP contribution in [0.4, 0.5) is 0 Å². The summed E-state index contributed by atoms with van der Waals surface area (Å²) in [6.45, 7) is 3.60. The summed E-state index contributed by atoms with van der Waals surface area (Å²) < 4.78 is 0. The van der Waals surface area contributed by atoms with Crippen molar-refractivity contribution in [1.82, 2.24) is 9.80 Å². The van der Waals surface area contributed by atoms with E-state index in [1.54, 1.807) is 0 Å². The van der Waals surface area contributed by atoms with Crippen LogP contribution in [0.3, 0.4) is 0 Å². The third kappa shape index (κ3) is 3.44. The largest absolute Gasteiger partial charge is 0.335 e. The molecule has 1 atom stereocenters. The van der Waals surface area contributed by atoms with E-state index in [4.69, 9.17) is 0 Å². The zero-order valence-electron chi connectivity index (χ0n) is 17.5. The van der Waals surface area contributed by atoms with Crippen LogP contribution in [0.5, 0.6) is 0 Å². The Kier molecular flexibility index (Phi) is 4.91. The van der Waals surface area contributed by atoms with Gasteiger partial charge in [-0.25, -0.2) is 0 Å². The standard InChI is InChI=1S/C27H24N2O2/c1-19-18-28(26(30)24-14-6-10-20-8-2-4-12-22(20)24)16-17-29(19)27(31)25-15-7-11-21-9-3-5-13-23(21)25/h2-15,19H,16-18H2,1H3/t19-/m0/s1. The van der Waals surface area contributed by atoms with Gasteiger partial charge in [-0.1, -0.05) is 72.8 Å². The Morgan fingerprint density at radius 2 is 1.19 bits per heavy atom. The van der Waals surface area contributed by atoms with E-state index in [0.717, 1.165) is 32.7 Å². The van der Waals surface area contributed by atoms with Crippen molar-refractivity contribution in [2.75, 3.05) is 19.6 Å². The summed E-state index contributed by atoms with van der Waals surface area (Å²) in [6, 6.07) is 27.6. The van der Waals surface area contributed by atoms with Crippen LogP contribution in [0.25, 0.3) is 21.5 Å². The third-order valence-electron chi connectivity index (χ3n) is 6.22. The van der Waals surface area contributed by atoms with E-state index in [1.807, 2.05) is 102 Å². The number of nitrogens with zero attached hydrogens (tertiary/aromatic N) is 2. The van der Waals surface area contributed by atoms with Crippen molar-refractivity contribution < 1.29 is 9.59 Å². The molecule has 0 aliphatic carbocycles. The number of hydrogen-bond acceptors (Lipinski definition) is 2. The van der Waals surface area contributed by atoms with E-state index in [2.05, 4.69) is 0 Å². The maximum Gasteiger partial charge on any atom is 0.254 e. The molecule has 1 fully saturated rings. The molecule has 0 radical (unpaired) electrons. The van der Waals surface area contributed by atoms with Crippen molar-refractivity contribution in [3.05, 3.63) is 96.1 Å². The molecule has 4 aromatic carbocycles. The molecule has 1 heterocycles. The summed E-state index contributed by atoms with van der Waals surface area (Å²) in [6.07, 6.45) is 0. The third-order valence-corrected chi connectivity index (χ3v) is 6.22. The van der Waals surface area contributed by atoms with Crippen molar-refractivity contribution in [3.8, 4) is 0 Å². The van der Waals surface area contributed by atoms with Crippen molar-refractivity contribution in [2.24, 2.45) is 0 Å². The van der Waals surface area contributed by atoms with Gasteiger partial charge in [0.05, 0.1) is 0 Å². The molecule has 1 aliphatic rings. The van der Waals surface area contributed by atoms with E-state index in [0.29, 0.717) is 19.6 Å². The highest BCUT2D eigenvalue weighted by Gasteiger charge is 2.31. The average Bonchev–Trinajstić information content (AvgIpc) is 2.82. The highest BCUT2D eigenvalue weighted by molar-refractivity contribution is 6.08. The van der Waals surface area contributed by atoms with E-state index in [-0.39, 0.29) is 17.9 Å². The monoisotopic (exact) mass is 408 g/mol. The maximum absolute atomic E-state index is 13.4. The summed E-state index contributed by atoms with van der Waals surface area (Å²) in [5, 5.41) is 4.06. The van der Waals surface area contributed by atoms with Gasteiger partial charge in [-0.05, 0) is 40.6 Å². The summed E-state index contributed by atoms with van der Waals surface area (Å²) in [5.41, 5.74) is 1.44. The van der Waals surface area contributed by atoms with Crippen molar-refractivity contribution >= 4 is 33.4 Å². The number of amides is 2. The van der Waals surface area contributed by atoms with Crippen LogP contribution in [0.2, 0.25) is 0 Å². The van der Waals surface area contributed by atoms with Crippen LogP contribution < -0.4 is 0 Å². The van der Waals surface area contributed by atoms with Crippen LogP contribution in [0.1, 0.15) is 27.6 Å². The molecule has 4 heteroatoms. The van der Waals surface area contributed by atoms with Crippen LogP contribution in [-0.2, 0) is 0 Å². The number of fused-ring (bicyclic) bond motifs is 2. The molecule has 154 valence electrons. The number of benzene rings is 4. The summed E-state index contributed by atoms with van der Waals surface area (Å²) in [5.74, 6) is 0.0578. The lowest BCUT2D eigenvalue weighted by Gasteiger charge is -2.40. The fourth-order valence-electron chi connectivity index (χ4n) is 4.59. The summed E-state index contributed by atoms with van der Waals surface area (Å²) in [7, 11) is 0.